The number of non-ortho nitro benzene ring substituents is 1. The molecule has 0 aliphatic heterocycles. The maximum Gasteiger partial charge on any atom is 0.291 e. The first-order chi connectivity index (χ1) is 11.6. The number of nitro benzene ring substituents is 1. The molecule has 0 saturated heterocycles. The Kier molecular flexibility index (Phi) is 4.43. The minimum Gasteiger partial charge on any atom is -0.276 e. The summed E-state index contributed by atoms with van der Waals surface area (Å²) < 4.78 is 0. The number of aromatic nitrogens is 2. The number of hydrogen-bond donors (Lipinski definition) is 2. The Hall–Kier alpha value is -3.33. The highest BCUT2D eigenvalue weighted by molar-refractivity contribution is 7.13. The number of thiophene rings is 1. The predicted octanol–water partition coefficient (Wildman–Crippen LogP) is 2.81. The van der Waals surface area contributed by atoms with E-state index in [4.69, 9.17) is 0 Å². The van der Waals surface area contributed by atoms with Crippen LogP contribution in [0.2, 0.25) is 0 Å². The molecule has 8 nitrogen and oxygen atoms in total. The fourth-order valence-electron chi connectivity index (χ4n) is 1.94. The molecule has 0 bridgehead atoms. The van der Waals surface area contributed by atoms with Gasteiger partial charge in [-0.05, 0) is 17.5 Å². The summed E-state index contributed by atoms with van der Waals surface area (Å²) in [6.07, 6.45) is 1.33. The van der Waals surface area contributed by atoms with E-state index in [1.165, 1.54) is 29.7 Å². The van der Waals surface area contributed by atoms with Gasteiger partial charge in [-0.3, -0.25) is 20.0 Å². The Bertz CT molecular complexity index is 901. The van der Waals surface area contributed by atoms with Gasteiger partial charge in [-0.25, -0.2) is 5.43 Å². The number of nitrogens with one attached hydrogen (secondary N) is 2. The van der Waals surface area contributed by atoms with E-state index >= 15 is 0 Å². The van der Waals surface area contributed by atoms with Crippen molar-refractivity contribution >= 4 is 29.1 Å². The molecule has 2 heterocycles. The Labute approximate surface area is 140 Å². The third-order valence-electron chi connectivity index (χ3n) is 3.06. The van der Waals surface area contributed by atoms with Crippen molar-refractivity contribution < 1.29 is 9.72 Å². The maximum atomic E-state index is 12.0. The third kappa shape index (κ3) is 3.52. The monoisotopic (exact) mass is 341 g/mol. The van der Waals surface area contributed by atoms with Gasteiger partial charge in [-0.15, -0.1) is 11.3 Å². The number of nitro groups is 1. The number of benzene rings is 1. The second kappa shape index (κ2) is 6.84. The van der Waals surface area contributed by atoms with Crippen LogP contribution >= 0.6 is 11.3 Å². The molecule has 0 aliphatic rings. The number of rotatable bonds is 5. The second-order valence-electron chi connectivity index (χ2n) is 4.70. The fraction of sp³-hybridized carbons (Fsp3) is 0. The number of hydrogen-bond acceptors (Lipinski definition) is 6. The van der Waals surface area contributed by atoms with Gasteiger partial charge < -0.3 is 0 Å². The highest BCUT2D eigenvalue weighted by Crippen LogP contribution is 2.22. The molecule has 1 aromatic carbocycles. The van der Waals surface area contributed by atoms with Crippen molar-refractivity contribution in [2.75, 3.05) is 0 Å². The van der Waals surface area contributed by atoms with Gasteiger partial charge in [0.1, 0.15) is 0 Å². The molecule has 1 amide bonds. The maximum absolute atomic E-state index is 12.0. The quantitative estimate of drug-likeness (QED) is 0.422. The SMILES string of the molecule is O=C(NN=Cc1cccc([N+](=O)[O-])c1)c1cc(-c2cccs2)[nH]n1. The van der Waals surface area contributed by atoms with Crippen LogP contribution in [0.25, 0.3) is 10.6 Å². The number of hydrazone groups is 1. The van der Waals surface area contributed by atoms with Crippen LogP contribution in [-0.4, -0.2) is 27.2 Å². The van der Waals surface area contributed by atoms with Gasteiger partial charge in [-0.2, -0.15) is 10.2 Å². The van der Waals surface area contributed by atoms with Gasteiger partial charge in [0.15, 0.2) is 5.69 Å². The predicted molar refractivity (Wildman–Crippen MR) is 90.1 cm³/mol. The molecule has 0 fully saturated rings. The summed E-state index contributed by atoms with van der Waals surface area (Å²) >= 11 is 1.53. The molecule has 120 valence electrons. The van der Waals surface area contributed by atoms with Crippen LogP contribution in [0.5, 0.6) is 0 Å². The second-order valence-corrected chi connectivity index (χ2v) is 5.64. The van der Waals surface area contributed by atoms with Gasteiger partial charge in [-0.1, -0.05) is 18.2 Å². The smallest absolute Gasteiger partial charge is 0.276 e. The number of carbonyl (C=O) groups is 1. The lowest BCUT2D eigenvalue weighted by molar-refractivity contribution is -0.384. The molecule has 0 unspecified atom stereocenters. The third-order valence-corrected chi connectivity index (χ3v) is 3.96. The average Bonchev–Trinajstić information content (AvgIpc) is 3.26. The summed E-state index contributed by atoms with van der Waals surface area (Å²) in [5, 5.41) is 23.2. The zero-order chi connectivity index (χ0) is 16.9. The van der Waals surface area contributed by atoms with Crippen LogP contribution < -0.4 is 5.43 Å². The Morgan fingerprint density at radius 3 is 2.96 bits per heavy atom. The molecule has 24 heavy (non-hydrogen) atoms. The van der Waals surface area contributed by atoms with Crippen LogP contribution in [0.15, 0.2) is 52.9 Å². The van der Waals surface area contributed by atoms with E-state index in [0.717, 1.165) is 10.6 Å². The standard InChI is InChI=1S/C15H11N5O3S/c21-15(13-8-12(17-18-13)14-5-2-6-24-14)19-16-9-10-3-1-4-11(7-10)20(22)23/h1-9H,(H,17,18)(H,19,21). The van der Waals surface area contributed by atoms with E-state index in [1.54, 1.807) is 18.2 Å². The molecule has 2 aromatic heterocycles. The van der Waals surface area contributed by atoms with Crippen molar-refractivity contribution in [2.45, 2.75) is 0 Å². The molecular formula is C15H11N5O3S. The average molecular weight is 341 g/mol. The number of aromatic amines is 1. The summed E-state index contributed by atoms with van der Waals surface area (Å²) in [7, 11) is 0. The van der Waals surface area contributed by atoms with Crippen molar-refractivity contribution in [3.63, 3.8) is 0 Å². The number of carbonyl (C=O) groups excluding carboxylic acids is 1. The van der Waals surface area contributed by atoms with Gasteiger partial charge in [0, 0.05) is 17.7 Å². The summed E-state index contributed by atoms with van der Waals surface area (Å²) in [4.78, 5) is 23.2. The first-order valence-electron chi connectivity index (χ1n) is 6.80. The lowest BCUT2D eigenvalue weighted by Gasteiger charge is -1.96. The van der Waals surface area contributed by atoms with Crippen molar-refractivity contribution in [3.8, 4) is 10.6 Å². The van der Waals surface area contributed by atoms with Crippen LogP contribution in [0.3, 0.4) is 0 Å². The summed E-state index contributed by atoms with van der Waals surface area (Å²) in [6.45, 7) is 0. The van der Waals surface area contributed by atoms with Gasteiger partial charge >= 0.3 is 0 Å². The van der Waals surface area contributed by atoms with Crippen LogP contribution in [0.1, 0.15) is 16.1 Å². The van der Waals surface area contributed by atoms with Gasteiger partial charge in [0.2, 0.25) is 0 Å². The van der Waals surface area contributed by atoms with E-state index in [0.29, 0.717) is 5.56 Å². The zero-order valence-corrected chi connectivity index (χ0v) is 13.0. The molecule has 0 atom stereocenters. The molecule has 0 saturated carbocycles. The van der Waals surface area contributed by atoms with Crippen molar-refractivity contribution in [1.29, 1.82) is 0 Å². The van der Waals surface area contributed by atoms with Crippen molar-refractivity contribution in [3.05, 3.63) is 69.2 Å². The number of amides is 1. The fourth-order valence-corrected chi connectivity index (χ4v) is 2.63. The van der Waals surface area contributed by atoms with E-state index in [-0.39, 0.29) is 11.4 Å². The van der Waals surface area contributed by atoms with E-state index in [1.807, 2.05) is 17.5 Å². The molecule has 0 aliphatic carbocycles. The number of nitrogens with zero attached hydrogens (tertiary/aromatic N) is 3. The Morgan fingerprint density at radius 2 is 2.21 bits per heavy atom. The Morgan fingerprint density at radius 1 is 1.33 bits per heavy atom. The highest BCUT2D eigenvalue weighted by atomic mass is 32.1. The van der Waals surface area contributed by atoms with E-state index in [9.17, 15) is 14.9 Å². The molecule has 3 aromatic rings. The van der Waals surface area contributed by atoms with Crippen LogP contribution in [0, 0.1) is 10.1 Å². The van der Waals surface area contributed by atoms with E-state index < -0.39 is 10.8 Å². The largest absolute Gasteiger partial charge is 0.291 e. The molecule has 9 heteroatoms. The normalized spacial score (nSPS) is 10.8. The molecule has 3 rings (SSSR count). The molecule has 2 N–H and O–H groups in total. The molecule has 0 spiro atoms. The topological polar surface area (TPSA) is 113 Å². The first kappa shape index (κ1) is 15.6. The summed E-state index contributed by atoms with van der Waals surface area (Å²) in [5.41, 5.74) is 3.75. The minimum atomic E-state index is -0.494. The van der Waals surface area contributed by atoms with Gasteiger partial charge in [0.25, 0.3) is 11.6 Å². The van der Waals surface area contributed by atoms with Gasteiger partial charge in [0.05, 0.1) is 21.7 Å². The summed E-state index contributed by atoms with van der Waals surface area (Å²) in [5.74, 6) is -0.476. The van der Waals surface area contributed by atoms with E-state index in [2.05, 4.69) is 20.7 Å². The lowest BCUT2D eigenvalue weighted by atomic mass is 10.2. The lowest BCUT2D eigenvalue weighted by Crippen LogP contribution is -2.18. The van der Waals surface area contributed by atoms with Crippen molar-refractivity contribution in [2.24, 2.45) is 5.10 Å². The van der Waals surface area contributed by atoms with Crippen LogP contribution in [0.4, 0.5) is 5.69 Å². The first-order valence-corrected chi connectivity index (χ1v) is 7.68. The Balaban J connectivity index is 1.65. The molecular weight excluding hydrogens is 330 g/mol. The highest BCUT2D eigenvalue weighted by Gasteiger charge is 2.11. The number of H-pyrrole nitrogens is 1. The molecule has 0 radical (unpaired) electrons. The summed E-state index contributed by atoms with van der Waals surface area (Å²) in [6, 6.07) is 11.4. The zero-order valence-electron chi connectivity index (χ0n) is 12.2. The minimum absolute atomic E-state index is 0.0434. The van der Waals surface area contributed by atoms with Crippen LogP contribution in [-0.2, 0) is 0 Å². The van der Waals surface area contributed by atoms with Crippen molar-refractivity contribution in [1.82, 2.24) is 15.6 Å².